The number of ether oxygens (including phenoxy) is 1. The number of halogens is 4. The third-order valence-corrected chi connectivity index (χ3v) is 3.53. The predicted molar refractivity (Wildman–Crippen MR) is 72.2 cm³/mol. The van der Waals surface area contributed by atoms with Crippen LogP contribution in [0.5, 0.6) is 0 Å². The second kappa shape index (κ2) is 6.59. The normalized spacial score (nSPS) is 12.7. The molecule has 1 aromatic heterocycles. The van der Waals surface area contributed by atoms with Crippen LogP contribution in [0.25, 0.3) is 0 Å². The van der Waals surface area contributed by atoms with E-state index in [1.165, 1.54) is 18.0 Å². The molecule has 0 saturated carbocycles. The van der Waals surface area contributed by atoms with Crippen LogP contribution in [0, 0.1) is 17.5 Å². The maximum Gasteiger partial charge on any atom is 0.135 e. The van der Waals surface area contributed by atoms with E-state index in [0.717, 1.165) is 0 Å². The fraction of sp³-hybridized carbons (Fsp3) is 0.308. The minimum Gasteiger partial charge on any atom is -0.383 e. The van der Waals surface area contributed by atoms with E-state index in [1.54, 1.807) is 0 Å². The molecular weight excluding hydrogens is 353 g/mol. The molecule has 2 rings (SSSR count). The molecule has 0 bridgehead atoms. The van der Waals surface area contributed by atoms with Gasteiger partial charge < -0.3 is 9.84 Å². The van der Waals surface area contributed by atoms with Crippen LogP contribution < -0.4 is 0 Å². The van der Waals surface area contributed by atoms with Gasteiger partial charge in [-0.1, -0.05) is 0 Å². The molecule has 0 aliphatic carbocycles. The molecule has 2 aromatic rings. The van der Waals surface area contributed by atoms with Crippen molar-refractivity contribution in [1.29, 1.82) is 0 Å². The van der Waals surface area contributed by atoms with Crippen molar-refractivity contribution in [3.05, 3.63) is 51.5 Å². The molecule has 1 atom stereocenters. The van der Waals surface area contributed by atoms with Crippen molar-refractivity contribution < 1.29 is 23.0 Å². The number of aliphatic hydroxyl groups excluding tert-OH is 1. The first kappa shape index (κ1) is 16.0. The number of benzene rings is 1. The Morgan fingerprint density at radius 3 is 2.52 bits per heavy atom. The zero-order valence-electron chi connectivity index (χ0n) is 11.0. The van der Waals surface area contributed by atoms with E-state index < -0.39 is 29.1 Å². The average molecular weight is 365 g/mol. The van der Waals surface area contributed by atoms with Gasteiger partial charge in [-0.25, -0.2) is 13.2 Å². The third-order valence-electron chi connectivity index (χ3n) is 2.92. The van der Waals surface area contributed by atoms with Gasteiger partial charge in [0.2, 0.25) is 0 Å². The molecule has 1 heterocycles. The monoisotopic (exact) mass is 364 g/mol. The number of hydrogen-bond acceptors (Lipinski definition) is 3. The largest absolute Gasteiger partial charge is 0.383 e. The number of methoxy groups -OCH3 is 1. The summed E-state index contributed by atoms with van der Waals surface area (Å²) in [5, 5.41) is 14.2. The number of aliphatic hydroxyl groups is 1. The van der Waals surface area contributed by atoms with E-state index in [4.69, 9.17) is 4.74 Å². The molecule has 8 heteroatoms. The van der Waals surface area contributed by atoms with Gasteiger partial charge in [0.25, 0.3) is 0 Å². The molecule has 0 radical (unpaired) electrons. The lowest BCUT2D eigenvalue weighted by Gasteiger charge is -2.16. The summed E-state index contributed by atoms with van der Waals surface area (Å²) in [6, 6.07) is 1.04. The Morgan fingerprint density at radius 1 is 1.33 bits per heavy atom. The van der Waals surface area contributed by atoms with Gasteiger partial charge in [-0.3, -0.25) is 4.68 Å². The predicted octanol–water partition coefficient (Wildman–Crippen LogP) is 2.79. The van der Waals surface area contributed by atoms with E-state index in [0.29, 0.717) is 29.8 Å². The summed E-state index contributed by atoms with van der Waals surface area (Å²) in [6.07, 6.45) is -0.229. The van der Waals surface area contributed by atoms with Crippen molar-refractivity contribution in [1.82, 2.24) is 9.78 Å². The Labute approximate surface area is 127 Å². The van der Waals surface area contributed by atoms with E-state index in [2.05, 4.69) is 21.0 Å². The second-order valence-corrected chi connectivity index (χ2v) is 5.13. The van der Waals surface area contributed by atoms with Crippen LogP contribution in [-0.4, -0.2) is 28.6 Å². The standard InChI is InChI=1S/C13H12BrF3N2O2/c1-21-3-2-19-12(8(14)6-18-19)13(20)11-9(16)4-7(15)5-10(11)17/h4-6,13,20H,2-3H2,1H3. The minimum absolute atomic E-state index is 0.163. The molecule has 114 valence electrons. The number of hydrogen-bond donors (Lipinski definition) is 1. The molecule has 4 nitrogen and oxygen atoms in total. The van der Waals surface area contributed by atoms with Gasteiger partial charge in [-0.05, 0) is 15.9 Å². The van der Waals surface area contributed by atoms with Crippen LogP contribution in [0.1, 0.15) is 17.4 Å². The van der Waals surface area contributed by atoms with Gasteiger partial charge in [0.15, 0.2) is 0 Å². The molecule has 21 heavy (non-hydrogen) atoms. The topological polar surface area (TPSA) is 47.3 Å². The Bertz CT molecular complexity index is 625. The zero-order chi connectivity index (χ0) is 15.6. The lowest BCUT2D eigenvalue weighted by Crippen LogP contribution is -2.15. The van der Waals surface area contributed by atoms with Crippen LogP contribution in [0.4, 0.5) is 13.2 Å². The maximum absolute atomic E-state index is 13.8. The molecule has 0 aliphatic heterocycles. The summed E-state index contributed by atoms with van der Waals surface area (Å²) in [5.41, 5.74) is -0.465. The Morgan fingerprint density at radius 2 is 1.95 bits per heavy atom. The fourth-order valence-electron chi connectivity index (χ4n) is 1.95. The average Bonchev–Trinajstić information content (AvgIpc) is 2.76. The smallest absolute Gasteiger partial charge is 0.135 e. The summed E-state index contributed by atoms with van der Waals surface area (Å²) in [6.45, 7) is 0.598. The fourth-order valence-corrected chi connectivity index (χ4v) is 2.46. The first-order chi connectivity index (χ1) is 9.95. The van der Waals surface area contributed by atoms with Crippen molar-refractivity contribution in [3.63, 3.8) is 0 Å². The highest BCUT2D eigenvalue weighted by atomic mass is 79.9. The highest BCUT2D eigenvalue weighted by molar-refractivity contribution is 9.10. The van der Waals surface area contributed by atoms with Gasteiger partial charge in [0, 0.05) is 19.2 Å². The van der Waals surface area contributed by atoms with Crippen LogP contribution in [0.2, 0.25) is 0 Å². The maximum atomic E-state index is 13.8. The Hall–Kier alpha value is -1.38. The highest BCUT2D eigenvalue weighted by Crippen LogP contribution is 2.31. The van der Waals surface area contributed by atoms with Crippen LogP contribution in [0.3, 0.4) is 0 Å². The van der Waals surface area contributed by atoms with E-state index in [9.17, 15) is 18.3 Å². The molecule has 0 saturated heterocycles. The molecule has 0 fully saturated rings. The van der Waals surface area contributed by atoms with Crippen molar-refractivity contribution >= 4 is 15.9 Å². The minimum atomic E-state index is -1.63. The van der Waals surface area contributed by atoms with E-state index in [1.807, 2.05) is 0 Å². The highest BCUT2D eigenvalue weighted by Gasteiger charge is 2.26. The summed E-state index contributed by atoms with van der Waals surface area (Å²) < 4.78 is 47.1. The number of rotatable bonds is 5. The van der Waals surface area contributed by atoms with Crippen molar-refractivity contribution in [2.24, 2.45) is 0 Å². The van der Waals surface area contributed by atoms with Crippen molar-refractivity contribution in [2.75, 3.05) is 13.7 Å². The second-order valence-electron chi connectivity index (χ2n) is 4.28. The van der Waals surface area contributed by atoms with Gasteiger partial charge in [-0.2, -0.15) is 5.10 Å². The molecule has 1 N–H and O–H groups in total. The van der Waals surface area contributed by atoms with Crippen molar-refractivity contribution in [2.45, 2.75) is 12.6 Å². The summed E-state index contributed by atoms with van der Waals surface area (Å²) in [5.74, 6) is -3.37. The molecule has 1 aromatic carbocycles. The van der Waals surface area contributed by atoms with Gasteiger partial charge >= 0.3 is 0 Å². The van der Waals surface area contributed by atoms with Crippen molar-refractivity contribution in [3.8, 4) is 0 Å². The number of nitrogens with zero attached hydrogens (tertiary/aromatic N) is 2. The van der Waals surface area contributed by atoms with E-state index in [-0.39, 0.29) is 5.69 Å². The molecule has 1 unspecified atom stereocenters. The zero-order valence-corrected chi connectivity index (χ0v) is 12.6. The first-order valence-corrected chi connectivity index (χ1v) is 6.77. The van der Waals surface area contributed by atoms with Gasteiger partial charge in [0.1, 0.15) is 23.6 Å². The molecular formula is C13H12BrF3N2O2. The van der Waals surface area contributed by atoms with Gasteiger partial charge in [0.05, 0.1) is 35.1 Å². The molecule has 0 amide bonds. The molecule has 0 aliphatic rings. The van der Waals surface area contributed by atoms with Crippen LogP contribution in [-0.2, 0) is 11.3 Å². The SMILES string of the molecule is COCCn1ncc(Br)c1C(O)c1c(F)cc(F)cc1F. The van der Waals surface area contributed by atoms with Gasteiger partial charge in [-0.15, -0.1) is 0 Å². The lowest BCUT2D eigenvalue weighted by atomic mass is 10.0. The number of aromatic nitrogens is 2. The van der Waals surface area contributed by atoms with E-state index >= 15 is 0 Å². The lowest BCUT2D eigenvalue weighted by molar-refractivity contribution is 0.168. The molecule has 0 spiro atoms. The summed E-state index contributed by atoms with van der Waals surface area (Å²) >= 11 is 3.17. The third kappa shape index (κ3) is 3.28. The Kier molecular flexibility index (Phi) is 5.02. The summed E-state index contributed by atoms with van der Waals surface area (Å²) in [7, 11) is 1.49. The quantitative estimate of drug-likeness (QED) is 0.887. The Balaban J connectivity index is 2.45. The van der Waals surface area contributed by atoms with Crippen LogP contribution in [0.15, 0.2) is 22.8 Å². The van der Waals surface area contributed by atoms with Crippen LogP contribution >= 0.6 is 15.9 Å². The summed E-state index contributed by atoms with van der Waals surface area (Å²) in [4.78, 5) is 0. The first-order valence-electron chi connectivity index (χ1n) is 5.98.